The summed E-state index contributed by atoms with van der Waals surface area (Å²) in [7, 11) is 0. The number of nitrogen functional groups attached to an aromatic ring is 1. The standard InChI is InChI=1S/C15H16N4S/c1-10-9-20-15(19-10)5-7-17-13-4-6-18-14-8-11(16)2-3-12(13)14/h2-4,6,8-9H,5,7,16H2,1H3,(H,17,18). The van der Waals surface area contributed by atoms with Crippen LogP contribution < -0.4 is 11.1 Å². The molecule has 3 rings (SSSR count). The lowest BCUT2D eigenvalue weighted by Gasteiger charge is -2.09. The number of hydrogen-bond acceptors (Lipinski definition) is 5. The highest BCUT2D eigenvalue weighted by Gasteiger charge is 2.03. The molecule has 2 heterocycles. The third kappa shape index (κ3) is 2.72. The average Bonchev–Trinajstić information content (AvgIpc) is 2.84. The predicted molar refractivity (Wildman–Crippen MR) is 85.2 cm³/mol. The Labute approximate surface area is 121 Å². The van der Waals surface area contributed by atoms with Crippen LogP contribution >= 0.6 is 11.3 Å². The van der Waals surface area contributed by atoms with E-state index in [0.717, 1.165) is 45.9 Å². The molecule has 2 aromatic heterocycles. The van der Waals surface area contributed by atoms with Crippen LogP contribution in [0.3, 0.4) is 0 Å². The van der Waals surface area contributed by atoms with Crippen molar-refractivity contribution < 1.29 is 0 Å². The number of rotatable bonds is 4. The summed E-state index contributed by atoms with van der Waals surface area (Å²) in [6.07, 6.45) is 2.73. The summed E-state index contributed by atoms with van der Waals surface area (Å²) in [4.78, 5) is 8.81. The quantitative estimate of drug-likeness (QED) is 0.722. The van der Waals surface area contributed by atoms with Gasteiger partial charge in [0.05, 0.1) is 10.5 Å². The maximum Gasteiger partial charge on any atom is 0.0945 e. The van der Waals surface area contributed by atoms with Crippen molar-refractivity contribution in [3.63, 3.8) is 0 Å². The summed E-state index contributed by atoms with van der Waals surface area (Å²) in [6.45, 7) is 2.88. The molecule has 3 aromatic rings. The molecule has 0 spiro atoms. The molecule has 0 aliphatic rings. The second-order valence-corrected chi connectivity index (χ2v) is 5.64. The first-order valence-electron chi connectivity index (χ1n) is 6.51. The first-order chi connectivity index (χ1) is 9.72. The highest BCUT2D eigenvalue weighted by Crippen LogP contribution is 2.23. The fraction of sp³-hybridized carbons (Fsp3) is 0.200. The topological polar surface area (TPSA) is 63.8 Å². The third-order valence-corrected chi connectivity index (χ3v) is 4.11. The Morgan fingerprint density at radius 2 is 2.20 bits per heavy atom. The molecule has 0 aliphatic heterocycles. The molecule has 1 aromatic carbocycles. The van der Waals surface area contributed by atoms with Crippen LogP contribution in [0, 0.1) is 6.92 Å². The van der Waals surface area contributed by atoms with E-state index in [4.69, 9.17) is 5.73 Å². The molecule has 0 radical (unpaired) electrons. The van der Waals surface area contributed by atoms with Crippen LogP contribution in [0.2, 0.25) is 0 Å². The number of fused-ring (bicyclic) bond motifs is 1. The van der Waals surface area contributed by atoms with Crippen LogP contribution in [-0.2, 0) is 6.42 Å². The molecule has 0 amide bonds. The minimum atomic E-state index is 0.736. The van der Waals surface area contributed by atoms with Gasteiger partial charge in [-0.05, 0) is 31.2 Å². The normalized spacial score (nSPS) is 10.8. The minimum Gasteiger partial charge on any atom is -0.399 e. The number of anilines is 2. The van der Waals surface area contributed by atoms with E-state index in [0.29, 0.717) is 0 Å². The van der Waals surface area contributed by atoms with E-state index >= 15 is 0 Å². The molecule has 0 aliphatic carbocycles. The second-order valence-electron chi connectivity index (χ2n) is 4.69. The van der Waals surface area contributed by atoms with Crippen LogP contribution in [0.15, 0.2) is 35.8 Å². The number of thiazole rings is 1. The van der Waals surface area contributed by atoms with Crippen molar-refractivity contribution in [1.29, 1.82) is 0 Å². The molecule has 0 atom stereocenters. The van der Waals surface area contributed by atoms with Gasteiger partial charge in [-0.3, -0.25) is 4.98 Å². The molecule has 5 heteroatoms. The molecular formula is C15H16N4S. The summed E-state index contributed by atoms with van der Waals surface area (Å²) in [5, 5.41) is 7.79. The van der Waals surface area contributed by atoms with E-state index in [9.17, 15) is 0 Å². The van der Waals surface area contributed by atoms with Gasteiger partial charge in [-0.1, -0.05) is 0 Å². The molecule has 0 saturated heterocycles. The largest absolute Gasteiger partial charge is 0.399 e. The van der Waals surface area contributed by atoms with Gasteiger partial charge in [-0.25, -0.2) is 4.98 Å². The van der Waals surface area contributed by atoms with Gasteiger partial charge in [-0.15, -0.1) is 11.3 Å². The van der Waals surface area contributed by atoms with E-state index in [2.05, 4.69) is 20.7 Å². The van der Waals surface area contributed by atoms with Crippen molar-refractivity contribution in [2.24, 2.45) is 0 Å². The number of nitrogens with zero attached hydrogens (tertiary/aromatic N) is 2. The molecule has 4 nitrogen and oxygen atoms in total. The molecule has 20 heavy (non-hydrogen) atoms. The maximum atomic E-state index is 5.79. The Morgan fingerprint density at radius 1 is 1.30 bits per heavy atom. The van der Waals surface area contributed by atoms with Crippen molar-refractivity contribution in [2.45, 2.75) is 13.3 Å². The maximum absolute atomic E-state index is 5.79. The first kappa shape index (κ1) is 12.9. The third-order valence-electron chi connectivity index (χ3n) is 3.09. The van der Waals surface area contributed by atoms with Gasteiger partial charge in [0.1, 0.15) is 0 Å². The SMILES string of the molecule is Cc1csc(CCNc2ccnc3cc(N)ccc23)n1. The second kappa shape index (κ2) is 5.46. The Bertz CT molecular complexity index is 736. The minimum absolute atomic E-state index is 0.736. The molecule has 102 valence electrons. The lowest BCUT2D eigenvalue weighted by Crippen LogP contribution is -2.05. The highest BCUT2D eigenvalue weighted by atomic mass is 32.1. The number of benzene rings is 1. The molecule has 0 saturated carbocycles. The zero-order valence-corrected chi connectivity index (χ0v) is 12.1. The van der Waals surface area contributed by atoms with Gasteiger partial charge >= 0.3 is 0 Å². The fourth-order valence-electron chi connectivity index (χ4n) is 2.14. The van der Waals surface area contributed by atoms with E-state index in [1.54, 1.807) is 17.5 Å². The van der Waals surface area contributed by atoms with Crippen LogP contribution in [-0.4, -0.2) is 16.5 Å². The summed E-state index contributed by atoms with van der Waals surface area (Å²) in [5.74, 6) is 0. The average molecular weight is 284 g/mol. The van der Waals surface area contributed by atoms with Gasteiger partial charge in [0.15, 0.2) is 0 Å². The van der Waals surface area contributed by atoms with Crippen LogP contribution in [0.5, 0.6) is 0 Å². The number of nitrogens with two attached hydrogens (primary N) is 1. The predicted octanol–water partition coefficient (Wildman–Crippen LogP) is 3.24. The molecule has 3 N–H and O–H groups in total. The number of aryl methyl sites for hydroxylation is 1. The summed E-state index contributed by atoms with van der Waals surface area (Å²) < 4.78 is 0. The summed E-state index contributed by atoms with van der Waals surface area (Å²) in [5.41, 5.74) is 9.62. The lowest BCUT2D eigenvalue weighted by molar-refractivity contribution is 0.988. The number of hydrogen-bond donors (Lipinski definition) is 2. The van der Waals surface area contributed by atoms with Crippen molar-refractivity contribution in [3.05, 3.63) is 46.5 Å². The van der Waals surface area contributed by atoms with Crippen molar-refractivity contribution in [1.82, 2.24) is 9.97 Å². The lowest BCUT2D eigenvalue weighted by atomic mass is 10.1. The van der Waals surface area contributed by atoms with Crippen LogP contribution in [0.25, 0.3) is 10.9 Å². The van der Waals surface area contributed by atoms with Crippen LogP contribution in [0.1, 0.15) is 10.7 Å². The monoisotopic (exact) mass is 284 g/mol. The summed E-state index contributed by atoms with van der Waals surface area (Å²) >= 11 is 1.71. The van der Waals surface area contributed by atoms with Gasteiger partial charge in [0.25, 0.3) is 0 Å². The molecule has 0 fully saturated rings. The molecule has 0 bridgehead atoms. The van der Waals surface area contributed by atoms with E-state index in [1.165, 1.54) is 0 Å². The van der Waals surface area contributed by atoms with Crippen molar-refractivity contribution in [3.8, 4) is 0 Å². The van der Waals surface area contributed by atoms with Crippen LogP contribution in [0.4, 0.5) is 11.4 Å². The van der Waals surface area contributed by atoms with E-state index < -0.39 is 0 Å². The van der Waals surface area contributed by atoms with Gasteiger partial charge in [-0.2, -0.15) is 0 Å². The zero-order valence-electron chi connectivity index (χ0n) is 11.3. The van der Waals surface area contributed by atoms with Crippen molar-refractivity contribution in [2.75, 3.05) is 17.6 Å². The number of nitrogens with one attached hydrogen (secondary N) is 1. The zero-order chi connectivity index (χ0) is 13.9. The fourth-order valence-corrected chi connectivity index (χ4v) is 2.92. The Kier molecular flexibility index (Phi) is 3.52. The van der Waals surface area contributed by atoms with E-state index in [-0.39, 0.29) is 0 Å². The molecular weight excluding hydrogens is 268 g/mol. The Hall–Kier alpha value is -2.14. The van der Waals surface area contributed by atoms with Crippen molar-refractivity contribution >= 4 is 33.6 Å². The smallest absolute Gasteiger partial charge is 0.0945 e. The number of aromatic nitrogens is 2. The summed E-state index contributed by atoms with van der Waals surface area (Å²) in [6, 6.07) is 7.79. The van der Waals surface area contributed by atoms with E-state index in [1.807, 2.05) is 31.2 Å². The molecule has 0 unspecified atom stereocenters. The van der Waals surface area contributed by atoms with Gasteiger partial charge in [0, 0.05) is 47.0 Å². The van der Waals surface area contributed by atoms with Gasteiger partial charge in [0.2, 0.25) is 0 Å². The number of pyridine rings is 1. The Balaban J connectivity index is 1.74. The first-order valence-corrected chi connectivity index (χ1v) is 7.39. The Morgan fingerprint density at radius 3 is 3.00 bits per heavy atom. The van der Waals surface area contributed by atoms with Gasteiger partial charge < -0.3 is 11.1 Å². The highest BCUT2D eigenvalue weighted by molar-refractivity contribution is 7.09.